The monoisotopic (exact) mass is 460 g/mol. The van der Waals surface area contributed by atoms with Gasteiger partial charge in [0.05, 0.1) is 12.7 Å². The first-order valence-corrected chi connectivity index (χ1v) is 12.7. The Hall–Kier alpha value is -1.69. The molecule has 0 aromatic rings. The number of carbonyl (C=O) groups is 3. The molecule has 3 saturated carbocycles. The lowest BCUT2D eigenvalue weighted by atomic mass is 9.47. The van der Waals surface area contributed by atoms with Crippen molar-refractivity contribution in [1.29, 1.82) is 0 Å². The molecule has 3 fully saturated rings. The summed E-state index contributed by atoms with van der Waals surface area (Å²) in [7, 11) is 0. The van der Waals surface area contributed by atoms with E-state index in [2.05, 4.69) is 19.9 Å². The molecule has 0 unspecified atom stereocenters. The summed E-state index contributed by atoms with van der Waals surface area (Å²) in [6.07, 6.45) is 9.29. The molecule has 33 heavy (non-hydrogen) atoms. The van der Waals surface area contributed by atoms with E-state index in [0.717, 1.165) is 44.9 Å². The molecular formula is C27H40O6. The fourth-order valence-corrected chi connectivity index (χ4v) is 8.23. The second-order valence-electron chi connectivity index (χ2n) is 11.4. The molecule has 6 nitrogen and oxygen atoms in total. The number of ether oxygens (including phenoxy) is 3. The molecule has 6 heteroatoms. The zero-order chi connectivity index (χ0) is 24.0. The van der Waals surface area contributed by atoms with Crippen molar-refractivity contribution in [1.82, 2.24) is 0 Å². The highest BCUT2D eigenvalue weighted by atomic mass is 16.6. The van der Waals surface area contributed by atoms with E-state index in [0.29, 0.717) is 24.4 Å². The van der Waals surface area contributed by atoms with Crippen molar-refractivity contribution in [2.45, 2.75) is 91.8 Å². The molecule has 4 rings (SSSR count). The maximum absolute atomic E-state index is 12.8. The van der Waals surface area contributed by atoms with Crippen LogP contribution >= 0.6 is 0 Å². The summed E-state index contributed by atoms with van der Waals surface area (Å²) in [4.78, 5) is 35.4. The molecule has 4 aliphatic rings. The SMILES string of the molecule is CC(=O)OCCO[C@@H]1C[C@H]2[C@@H]3CC=C4C[C@@H](OC(C)=O)CC[C@]4(C)[C@H]3CC[C@]2(C)[C@H]1C(C)=O. The number of hydrogen-bond acceptors (Lipinski definition) is 6. The fraction of sp³-hybridized carbons (Fsp3) is 0.815. The largest absolute Gasteiger partial charge is 0.463 e. The molecule has 0 heterocycles. The smallest absolute Gasteiger partial charge is 0.302 e. The molecule has 0 bridgehead atoms. The van der Waals surface area contributed by atoms with E-state index in [4.69, 9.17) is 14.2 Å². The van der Waals surface area contributed by atoms with Gasteiger partial charge in [0.1, 0.15) is 18.5 Å². The van der Waals surface area contributed by atoms with Crippen LogP contribution in [-0.2, 0) is 28.6 Å². The first-order chi connectivity index (χ1) is 15.6. The van der Waals surface area contributed by atoms with E-state index >= 15 is 0 Å². The molecule has 0 saturated heterocycles. The highest BCUT2D eigenvalue weighted by molar-refractivity contribution is 5.80. The quantitative estimate of drug-likeness (QED) is 0.326. The summed E-state index contributed by atoms with van der Waals surface area (Å²) in [5, 5.41) is 0. The fourth-order valence-electron chi connectivity index (χ4n) is 8.23. The van der Waals surface area contributed by atoms with Crippen LogP contribution in [0.1, 0.15) is 79.6 Å². The zero-order valence-electron chi connectivity index (χ0n) is 20.9. The number of fused-ring (bicyclic) bond motifs is 5. The number of ketones is 1. The van der Waals surface area contributed by atoms with E-state index in [-0.39, 0.29) is 53.3 Å². The zero-order valence-corrected chi connectivity index (χ0v) is 20.9. The minimum Gasteiger partial charge on any atom is -0.463 e. The normalized spacial score (nSPS) is 41.8. The van der Waals surface area contributed by atoms with Gasteiger partial charge >= 0.3 is 11.9 Å². The molecule has 0 N–H and O–H groups in total. The highest BCUT2D eigenvalue weighted by Gasteiger charge is 2.62. The van der Waals surface area contributed by atoms with Gasteiger partial charge in [-0.1, -0.05) is 25.5 Å². The standard InChI is InChI=1S/C27H40O6/c1-16(28)25-24(32-13-12-31-17(2)29)15-23-21-7-6-19-14-20(33-18(3)30)8-10-26(19,4)22(21)9-11-27(23,25)5/h6,20-25H,7-15H2,1-5H3/t20-,21+,22-,23-,24+,25-,26-,27-/m0/s1. The minimum atomic E-state index is -0.307. The van der Waals surface area contributed by atoms with Crippen LogP contribution in [-0.4, -0.2) is 43.1 Å². The third kappa shape index (κ3) is 4.40. The third-order valence-corrected chi connectivity index (χ3v) is 9.56. The van der Waals surface area contributed by atoms with Crippen molar-refractivity contribution < 1.29 is 28.6 Å². The summed E-state index contributed by atoms with van der Waals surface area (Å²) in [5.41, 5.74) is 1.58. The summed E-state index contributed by atoms with van der Waals surface area (Å²) < 4.78 is 16.8. The van der Waals surface area contributed by atoms with Crippen LogP contribution in [0.15, 0.2) is 11.6 Å². The number of carbonyl (C=O) groups excluding carboxylic acids is 3. The average molecular weight is 461 g/mol. The molecule has 0 amide bonds. The Morgan fingerprint density at radius 3 is 2.42 bits per heavy atom. The predicted octanol–water partition coefficient (Wildman–Crippen LogP) is 4.64. The molecule has 4 aliphatic carbocycles. The van der Waals surface area contributed by atoms with Gasteiger partial charge in [0.25, 0.3) is 0 Å². The lowest BCUT2D eigenvalue weighted by molar-refractivity contribution is -0.149. The lowest BCUT2D eigenvalue weighted by Crippen LogP contribution is -2.51. The van der Waals surface area contributed by atoms with E-state index < -0.39 is 0 Å². The van der Waals surface area contributed by atoms with Crippen LogP contribution in [0.25, 0.3) is 0 Å². The Bertz CT molecular complexity index is 832. The molecule has 0 spiro atoms. The maximum Gasteiger partial charge on any atom is 0.302 e. The van der Waals surface area contributed by atoms with Gasteiger partial charge in [0.15, 0.2) is 0 Å². The van der Waals surface area contributed by atoms with Crippen LogP contribution in [0, 0.1) is 34.5 Å². The van der Waals surface area contributed by atoms with E-state index in [1.807, 2.05) is 0 Å². The van der Waals surface area contributed by atoms with Crippen molar-refractivity contribution in [3.63, 3.8) is 0 Å². The second kappa shape index (κ2) is 9.16. The molecule has 0 aromatic carbocycles. The maximum atomic E-state index is 12.8. The van der Waals surface area contributed by atoms with Crippen molar-refractivity contribution >= 4 is 17.7 Å². The Morgan fingerprint density at radius 1 is 1.00 bits per heavy atom. The van der Waals surface area contributed by atoms with Gasteiger partial charge in [-0.25, -0.2) is 0 Å². The van der Waals surface area contributed by atoms with E-state index in [1.54, 1.807) is 6.92 Å². The Labute approximate surface area is 197 Å². The topological polar surface area (TPSA) is 78.9 Å². The Kier molecular flexibility index (Phi) is 6.78. The minimum absolute atomic E-state index is 0.0100. The molecule has 0 aliphatic heterocycles. The van der Waals surface area contributed by atoms with Crippen molar-refractivity contribution in [2.75, 3.05) is 13.2 Å². The van der Waals surface area contributed by atoms with Crippen molar-refractivity contribution in [3.8, 4) is 0 Å². The number of esters is 2. The first-order valence-electron chi connectivity index (χ1n) is 12.7. The number of rotatable bonds is 6. The van der Waals surface area contributed by atoms with Gasteiger partial charge in [-0.15, -0.1) is 0 Å². The van der Waals surface area contributed by atoms with E-state index in [1.165, 1.54) is 19.4 Å². The molecule has 0 aromatic heterocycles. The summed E-state index contributed by atoms with van der Waals surface area (Å²) in [6, 6.07) is 0. The van der Waals surface area contributed by atoms with Crippen LogP contribution in [0.3, 0.4) is 0 Å². The summed E-state index contributed by atoms with van der Waals surface area (Å²) in [5.74, 6) is 1.22. The van der Waals surface area contributed by atoms with Crippen molar-refractivity contribution in [2.24, 2.45) is 34.5 Å². The molecule has 8 atom stereocenters. The van der Waals surface area contributed by atoms with Crippen LogP contribution in [0.2, 0.25) is 0 Å². The second-order valence-corrected chi connectivity index (χ2v) is 11.4. The molecular weight excluding hydrogens is 420 g/mol. The molecule has 184 valence electrons. The van der Waals surface area contributed by atoms with Gasteiger partial charge in [-0.2, -0.15) is 0 Å². The van der Waals surface area contributed by atoms with Gasteiger partial charge in [0.2, 0.25) is 0 Å². The summed E-state index contributed by atoms with van der Waals surface area (Å²) in [6.45, 7) is 9.92. The predicted molar refractivity (Wildman–Crippen MR) is 123 cm³/mol. The van der Waals surface area contributed by atoms with Gasteiger partial charge in [-0.05, 0) is 74.0 Å². The van der Waals surface area contributed by atoms with Gasteiger partial charge in [-0.3, -0.25) is 14.4 Å². The summed E-state index contributed by atoms with van der Waals surface area (Å²) >= 11 is 0. The third-order valence-electron chi connectivity index (χ3n) is 9.56. The highest BCUT2D eigenvalue weighted by Crippen LogP contribution is 2.66. The van der Waals surface area contributed by atoms with Gasteiger partial charge < -0.3 is 14.2 Å². The van der Waals surface area contributed by atoms with Crippen LogP contribution in [0.5, 0.6) is 0 Å². The lowest BCUT2D eigenvalue weighted by Gasteiger charge is -2.57. The first kappa shape index (κ1) is 24.4. The van der Waals surface area contributed by atoms with Crippen LogP contribution < -0.4 is 0 Å². The average Bonchev–Trinajstić information content (AvgIpc) is 3.03. The van der Waals surface area contributed by atoms with E-state index in [9.17, 15) is 14.4 Å². The number of Topliss-reactive ketones (excluding diaryl/α,β-unsaturated/α-hetero) is 1. The number of allylic oxidation sites excluding steroid dienone is 1. The van der Waals surface area contributed by atoms with Gasteiger partial charge in [0, 0.05) is 26.2 Å². The Morgan fingerprint density at radius 2 is 1.76 bits per heavy atom. The van der Waals surface area contributed by atoms with Crippen LogP contribution in [0.4, 0.5) is 0 Å². The molecule has 0 radical (unpaired) electrons. The van der Waals surface area contributed by atoms with Crippen molar-refractivity contribution in [3.05, 3.63) is 11.6 Å². The Balaban J connectivity index is 1.53. The number of hydrogen-bond donors (Lipinski definition) is 0.